The molecule has 0 aromatic carbocycles. The molecule has 0 saturated heterocycles. The summed E-state index contributed by atoms with van der Waals surface area (Å²) in [5.74, 6) is 0.870. The van der Waals surface area contributed by atoms with Crippen LogP contribution in [0.3, 0.4) is 0 Å². The molecule has 5 heteroatoms. The standard InChI is InChI=1S/C10H8N2O3/c1-2-3-9(13)12-8-6-7(10(14)15)4-5-11-8/h1,4-6H,3H2,(H,14,15)(H,11,12,13). The van der Waals surface area contributed by atoms with E-state index in [0.29, 0.717) is 0 Å². The molecular weight excluding hydrogens is 196 g/mol. The quantitative estimate of drug-likeness (QED) is 0.712. The van der Waals surface area contributed by atoms with Gasteiger partial charge < -0.3 is 10.4 Å². The molecule has 0 fully saturated rings. The number of carboxylic acid groups (broad SMARTS) is 1. The summed E-state index contributed by atoms with van der Waals surface area (Å²) in [6.07, 6.45) is 6.17. The third-order valence-corrected chi connectivity index (χ3v) is 1.54. The number of nitrogens with zero attached hydrogens (tertiary/aromatic N) is 1. The van der Waals surface area contributed by atoms with Gasteiger partial charge in [0.1, 0.15) is 5.82 Å². The van der Waals surface area contributed by atoms with E-state index < -0.39 is 11.9 Å². The van der Waals surface area contributed by atoms with Crippen molar-refractivity contribution >= 4 is 17.7 Å². The van der Waals surface area contributed by atoms with Crippen LogP contribution >= 0.6 is 0 Å². The minimum Gasteiger partial charge on any atom is -0.478 e. The second-order valence-electron chi connectivity index (χ2n) is 2.66. The Kier molecular flexibility index (Phi) is 3.41. The number of carboxylic acids is 1. The molecule has 1 aromatic rings. The van der Waals surface area contributed by atoms with Crippen LogP contribution in [0.5, 0.6) is 0 Å². The highest BCUT2D eigenvalue weighted by Crippen LogP contribution is 2.06. The molecule has 2 N–H and O–H groups in total. The van der Waals surface area contributed by atoms with Crippen LogP contribution in [0.4, 0.5) is 5.82 Å². The maximum Gasteiger partial charge on any atom is 0.335 e. The van der Waals surface area contributed by atoms with Gasteiger partial charge in [-0.2, -0.15) is 0 Å². The van der Waals surface area contributed by atoms with Gasteiger partial charge in [0, 0.05) is 6.20 Å². The number of pyridine rings is 1. The van der Waals surface area contributed by atoms with Crippen molar-refractivity contribution in [2.75, 3.05) is 5.32 Å². The average Bonchev–Trinajstić information content (AvgIpc) is 2.18. The number of amides is 1. The van der Waals surface area contributed by atoms with E-state index in [-0.39, 0.29) is 17.8 Å². The minimum atomic E-state index is -1.08. The van der Waals surface area contributed by atoms with Gasteiger partial charge >= 0.3 is 5.97 Å². The molecule has 0 aliphatic rings. The summed E-state index contributed by atoms with van der Waals surface area (Å²) in [5, 5.41) is 11.1. The number of nitrogens with one attached hydrogen (secondary N) is 1. The summed E-state index contributed by atoms with van der Waals surface area (Å²) in [6, 6.07) is 2.59. The lowest BCUT2D eigenvalue weighted by Gasteiger charge is -2.02. The van der Waals surface area contributed by atoms with Crippen LogP contribution in [0, 0.1) is 12.3 Å². The van der Waals surface area contributed by atoms with E-state index in [1.807, 2.05) is 0 Å². The second-order valence-corrected chi connectivity index (χ2v) is 2.66. The second kappa shape index (κ2) is 4.77. The zero-order valence-corrected chi connectivity index (χ0v) is 7.73. The maximum atomic E-state index is 11.1. The molecule has 0 atom stereocenters. The highest BCUT2D eigenvalue weighted by atomic mass is 16.4. The summed E-state index contributed by atoms with van der Waals surface area (Å²) >= 11 is 0. The van der Waals surface area contributed by atoms with Gasteiger partial charge in [0.05, 0.1) is 12.0 Å². The molecule has 1 heterocycles. The Morgan fingerprint density at radius 2 is 2.33 bits per heavy atom. The Bertz CT molecular complexity index is 435. The number of carbonyl (C=O) groups excluding carboxylic acids is 1. The zero-order chi connectivity index (χ0) is 11.3. The van der Waals surface area contributed by atoms with E-state index >= 15 is 0 Å². The lowest BCUT2D eigenvalue weighted by atomic mass is 10.2. The molecule has 15 heavy (non-hydrogen) atoms. The highest BCUT2D eigenvalue weighted by Gasteiger charge is 2.06. The van der Waals surface area contributed by atoms with Crippen LogP contribution in [0.25, 0.3) is 0 Å². The van der Waals surface area contributed by atoms with Gasteiger partial charge in [-0.3, -0.25) is 4.79 Å². The number of aromatic nitrogens is 1. The molecule has 0 bridgehead atoms. The molecule has 0 unspecified atom stereocenters. The van der Waals surface area contributed by atoms with Crippen molar-refractivity contribution in [3.63, 3.8) is 0 Å². The number of anilines is 1. The number of rotatable bonds is 3. The Morgan fingerprint density at radius 1 is 1.60 bits per heavy atom. The van der Waals surface area contributed by atoms with E-state index in [4.69, 9.17) is 11.5 Å². The molecule has 0 aliphatic heterocycles. The summed E-state index contributed by atoms with van der Waals surface area (Å²) < 4.78 is 0. The summed E-state index contributed by atoms with van der Waals surface area (Å²) in [4.78, 5) is 25.4. The first-order valence-corrected chi connectivity index (χ1v) is 4.06. The number of carbonyl (C=O) groups is 2. The van der Waals surface area contributed by atoms with Crippen LogP contribution in [0.2, 0.25) is 0 Å². The molecule has 0 radical (unpaired) electrons. The van der Waals surface area contributed by atoms with Crippen molar-refractivity contribution in [1.82, 2.24) is 4.98 Å². The van der Waals surface area contributed by atoms with Crippen molar-refractivity contribution in [2.24, 2.45) is 0 Å². The van der Waals surface area contributed by atoms with E-state index in [9.17, 15) is 9.59 Å². The summed E-state index contributed by atoms with van der Waals surface area (Å²) in [6.45, 7) is 0. The van der Waals surface area contributed by atoms with Gasteiger partial charge in [-0.15, -0.1) is 6.42 Å². The predicted octanol–water partition coefficient (Wildman–Crippen LogP) is 0.742. The first-order chi connectivity index (χ1) is 7.13. The molecule has 5 nitrogen and oxygen atoms in total. The smallest absolute Gasteiger partial charge is 0.335 e. The Hall–Kier alpha value is -2.35. The SMILES string of the molecule is C#CCC(=O)Nc1cc(C(=O)O)ccn1. The molecule has 1 rings (SSSR count). The van der Waals surface area contributed by atoms with Gasteiger partial charge in [-0.05, 0) is 12.1 Å². The zero-order valence-electron chi connectivity index (χ0n) is 7.73. The van der Waals surface area contributed by atoms with Crippen molar-refractivity contribution in [2.45, 2.75) is 6.42 Å². The van der Waals surface area contributed by atoms with Crippen molar-refractivity contribution < 1.29 is 14.7 Å². The third-order valence-electron chi connectivity index (χ3n) is 1.54. The Labute approximate surface area is 86.1 Å². The van der Waals surface area contributed by atoms with Crippen LogP contribution in [0.1, 0.15) is 16.8 Å². The third kappa shape index (κ3) is 3.12. The fourth-order valence-electron chi connectivity index (χ4n) is 0.912. The molecule has 0 aliphatic carbocycles. The van der Waals surface area contributed by atoms with E-state index in [0.717, 1.165) is 0 Å². The summed E-state index contributed by atoms with van der Waals surface area (Å²) in [7, 11) is 0. The largest absolute Gasteiger partial charge is 0.478 e. The summed E-state index contributed by atoms with van der Waals surface area (Å²) in [5.41, 5.74) is 0.0565. The fourth-order valence-corrected chi connectivity index (χ4v) is 0.912. The lowest BCUT2D eigenvalue weighted by molar-refractivity contribution is -0.115. The molecule has 76 valence electrons. The van der Waals surface area contributed by atoms with E-state index in [2.05, 4.69) is 16.2 Å². The average molecular weight is 204 g/mol. The van der Waals surface area contributed by atoms with Crippen molar-refractivity contribution in [1.29, 1.82) is 0 Å². The van der Waals surface area contributed by atoms with Gasteiger partial charge in [-0.25, -0.2) is 9.78 Å². The van der Waals surface area contributed by atoms with Gasteiger partial charge in [0.2, 0.25) is 5.91 Å². The monoisotopic (exact) mass is 204 g/mol. The normalized spacial score (nSPS) is 9.00. The van der Waals surface area contributed by atoms with Gasteiger partial charge in [0.25, 0.3) is 0 Å². The maximum absolute atomic E-state index is 11.1. The number of hydrogen-bond donors (Lipinski definition) is 2. The highest BCUT2D eigenvalue weighted by molar-refractivity contribution is 5.93. The minimum absolute atomic E-state index is 0.0565. The number of terminal acetylenes is 1. The number of hydrogen-bond acceptors (Lipinski definition) is 3. The van der Waals surface area contributed by atoms with Crippen LogP contribution in [-0.4, -0.2) is 22.0 Å². The van der Waals surface area contributed by atoms with E-state index in [1.54, 1.807) is 0 Å². The molecule has 0 saturated carbocycles. The van der Waals surface area contributed by atoms with Crippen LogP contribution < -0.4 is 5.32 Å². The molecule has 0 spiro atoms. The Balaban J connectivity index is 2.79. The predicted molar refractivity (Wildman–Crippen MR) is 53.3 cm³/mol. The number of aromatic carboxylic acids is 1. The first-order valence-electron chi connectivity index (χ1n) is 4.06. The fraction of sp³-hybridized carbons (Fsp3) is 0.100. The Morgan fingerprint density at radius 3 is 2.93 bits per heavy atom. The first kappa shape index (κ1) is 10.7. The molecular formula is C10H8N2O3. The van der Waals surface area contributed by atoms with E-state index in [1.165, 1.54) is 18.3 Å². The van der Waals surface area contributed by atoms with Crippen molar-refractivity contribution in [3.05, 3.63) is 23.9 Å². The molecule has 1 aromatic heterocycles. The van der Waals surface area contributed by atoms with Crippen LogP contribution in [0.15, 0.2) is 18.3 Å². The van der Waals surface area contributed by atoms with Gasteiger partial charge in [0.15, 0.2) is 0 Å². The van der Waals surface area contributed by atoms with Crippen molar-refractivity contribution in [3.8, 4) is 12.3 Å². The van der Waals surface area contributed by atoms with Gasteiger partial charge in [-0.1, -0.05) is 5.92 Å². The van der Waals surface area contributed by atoms with Crippen LogP contribution in [-0.2, 0) is 4.79 Å². The molecule has 1 amide bonds. The lowest BCUT2D eigenvalue weighted by Crippen LogP contribution is -2.12. The topological polar surface area (TPSA) is 79.3 Å².